The van der Waals surface area contributed by atoms with Gasteiger partial charge in [-0.15, -0.1) is 0 Å². The second kappa shape index (κ2) is 8.39. The SMILES string of the molecule is COC(=O)[C@@H](Cc1ccccc1F)NC(=O)c1cc(Br)cc(Br)c1. The van der Waals surface area contributed by atoms with Crippen LogP contribution in [-0.2, 0) is 16.0 Å². The number of halogens is 3. The highest BCUT2D eigenvalue weighted by Crippen LogP contribution is 2.20. The van der Waals surface area contributed by atoms with E-state index in [1.54, 1.807) is 36.4 Å². The van der Waals surface area contributed by atoms with Gasteiger partial charge in [0.15, 0.2) is 0 Å². The lowest BCUT2D eigenvalue weighted by molar-refractivity contribution is -0.142. The van der Waals surface area contributed by atoms with Crippen LogP contribution in [-0.4, -0.2) is 25.0 Å². The van der Waals surface area contributed by atoms with Crippen molar-refractivity contribution in [2.75, 3.05) is 7.11 Å². The van der Waals surface area contributed by atoms with Gasteiger partial charge >= 0.3 is 5.97 Å². The first-order valence-electron chi connectivity index (χ1n) is 6.99. The molecule has 126 valence electrons. The summed E-state index contributed by atoms with van der Waals surface area (Å²) in [6.07, 6.45) is 0.000257. The molecule has 2 rings (SSSR count). The Morgan fingerprint density at radius 3 is 2.38 bits per heavy atom. The predicted octanol–water partition coefficient (Wildman–Crippen LogP) is 3.86. The number of carbonyl (C=O) groups is 2. The van der Waals surface area contributed by atoms with Gasteiger partial charge in [-0.25, -0.2) is 9.18 Å². The molecule has 0 saturated carbocycles. The zero-order valence-corrected chi connectivity index (χ0v) is 15.9. The van der Waals surface area contributed by atoms with Crippen LogP contribution < -0.4 is 5.32 Å². The van der Waals surface area contributed by atoms with Crippen LogP contribution in [0.5, 0.6) is 0 Å². The lowest BCUT2D eigenvalue weighted by Crippen LogP contribution is -2.43. The molecular weight excluding hydrogens is 445 g/mol. The lowest BCUT2D eigenvalue weighted by atomic mass is 10.0. The van der Waals surface area contributed by atoms with E-state index in [9.17, 15) is 14.0 Å². The topological polar surface area (TPSA) is 55.4 Å². The van der Waals surface area contributed by atoms with Crippen LogP contribution >= 0.6 is 31.9 Å². The molecule has 0 radical (unpaired) electrons. The van der Waals surface area contributed by atoms with Gasteiger partial charge in [-0.3, -0.25) is 4.79 Å². The fraction of sp³-hybridized carbons (Fsp3) is 0.176. The Balaban J connectivity index is 2.21. The fourth-order valence-corrected chi connectivity index (χ4v) is 3.44. The highest BCUT2D eigenvalue weighted by Gasteiger charge is 2.24. The molecule has 1 N–H and O–H groups in total. The van der Waals surface area contributed by atoms with Crippen molar-refractivity contribution in [2.45, 2.75) is 12.5 Å². The van der Waals surface area contributed by atoms with E-state index in [0.717, 1.165) is 0 Å². The summed E-state index contributed by atoms with van der Waals surface area (Å²) in [4.78, 5) is 24.4. The third-order valence-corrected chi connectivity index (χ3v) is 4.21. The summed E-state index contributed by atoms with van der Waals surface area (Å²) >= 11 is 6.60. The first-order valence-corrected chi connectivity index (χ1v) is 8.57. The summed E-state index contributed by atoms with van der Waals surface area (Å²) in [6.45, 7) is 0. The van der Waals surface area contributed by atoms with Crippen molar-refractivity contribution in [3.05, 3.63) is 68.4 Å². The second-order valence-corrected chi connectivity index (χ2v) is 6.83. The lowest BCUT2D eigenvalue weighted by Gasteiger charge is -2.17. The van der Waals surface area contributed by atoms with E-state index in [4.69, 9.17) is 4.74 Å². The minimum absolute atomic E-state index is 0.000257. The number of esters is 1. The maximum absolute atomic E-state index is 13.8. The highest BCUT2D eigenvalue weighted by atomic mass is 79.9. The van der Waals surface area contributed by atoms with Crippen molar-refractivity contribution < 1.29 is 18.7 Å². The van der Waals surface area contributed by atoms with Crippen molar-refractivity contribution in [1.82, 2.24) is 5.32 Å². The minimum atomic E-state index is -0.989. The van der Waals surface area contributed by atoms with Crippen molar-refractivity contribution in [1.29, 1.82) is 0 Å². The number of carbonyl (C=O) groups excluding carboxylic acids is 2. The average Bonchev–Trinajstić information content (AvgIpc) is 2.54. The number of amides is 1. The van der Waals surface area contributed by atoms with Gasteiger partial charge in [0.05, 0.1) is 7.11 Å². The molecule has 0 saturated heterocycles. The molecule has 0 spiro atoms. The van der Waals surface area contributed by atoms with Gasteiger partial charge in [-0.1, -0.05) is 50.1 Å². The summed E-state index contributed by atoms with van der Waals surface area (Å²) in [5, 5.41) is 2.59. The molecule has 0 fully saturated rings. The van der Waals surface area contributed by atoms with E-state index in [0.29, 0.717) is 20.1 Å². The molecule has 0 aliphatic carbocycles. The Hall–Kier alpha value is -1.73. The summed E-state index contributed by atoms with van der Waals surface area (Å²) in [5.74, 6) is -1.53. The molecule has 0 bridgehead atoms. The second-order valence-electron chi connectivity index (χ2n) is 5.00. The Labute approximate surface area is 155 Å². The molecule has 7 heteroatoms. The molecule has 2 aromatic rings. The summed E-state index contributed by atoms with van der Waals surface area (Å²) in [6, 6.07) is 10.1. The van der Waals surface area contributed by atoms with Crippen LogP contribution in [0.2, 0.25) is 0 Å². The number of hydrogen-bond acceptors (Lipinski definition) is 3. The van der Waals surface area contributed by atoms with Crippen LogP contribution in [0.25, 0.3) is 0 Å². The molecule has 0 aliphatic heterocycles. The zero-order valence-electron chi connectivity index (χ0n) is 12.7. The van der Waals surface area contributed by atoms with Crippen LogP contribution in [0.4, 0.5) is 4.39 Å². The number of ether oxygens (including phenoxy) is 1. The molecule has 0 aliphatic rings. The van der Waals surface area contributed by atoms with Gasteiger partial charge in [-0.05, 0) is 29.8 Å². The Kier molecular flexibility index (Phi) is 6.51. The van der Waals surface area contributed by atoms with Gasteiger partial charge in [0.1, 0.15) is 11.9 Å². The third-order valence-electron chi connectivity index (χ3n) is 3.30. The van der Waals surface area contributed by atoms with Crippen molar-refractivity contribution in [2.24, 2.45) is 0 Å². The quantitative estimate of drug-likeness (QED) is 0.692. The molecule has 4 nitrogen and oxygen atoms in total. The number of nitrogens with one attached hydrogen (secondary N) is 1. The van der Waals surface area contributed by atoms with E-state index >= 15 is 0 Å². The first-order chi connectivity index (χ1) is 11.4. The Morgan fingerprint density at radius 2 is 1.79 bits per heavy atom. The van der Waals surface area contributed by atoms with Gasteiger partial charge in [-0.2, -0.15) is 0 Å². The number of methoxy groups -OCH3 is 1. The molecule has 0 aromatic heterocycles. The van der Waals surface area contributed by atoms with E-state index in [2.05, 4.69) is 37.2 Å². The number of rotatable bonds is 5. The minimum Gasteiger partial charge on any atom is -0.467 e. The first kappa shape index (κ1) is 18.6. The number of benzene rings is 2. The largest absolute Gasteiger partial charge is 0.467 e. The van der Waals surface area contributed by atoms with Gasteiger partial charge in [0.2, 0.25) is 0 Å². The summed E-state index contributed by atoms with van der Waals surface area (Å²) in [7, 11) is 1.22. The van der Waals surface area contributed by atoms with E-state index < -0.39 is 23.7 Å². The highest BCUT2D eigenvalue weighted by molar-refractivity contribution is 9.11. The molecular formula is C17H14Br2FNO3. The van der Waals surface area contributed by atoms with Crippen LogP contribution in [0, 0.1) is 5.82 Å². The van der Waals surface area contributed by atoms with Crippen LogP contribution in [0.3, 0.4) is 0 Å². The van der Waals surface area contributed by atoms with E-state index in [1.807, 2.05) is 0 Å². The van der Waals surface area contributed by atoms with Gasteiger partial charge in [0.25, 0.3) is 5.91 Å². The maximum Gasteiger partial charge on any atom is 0.328 e. The van der Waals surface area contributed by atoms with E-state index in [1.165, 1.54) is 13.2 Å². The predicted molar refractivity (Wildman–Crippen MR) is 95.2 cm³/mol. The van der Waals surface area contributed by atoms with Gasteiger partial charge < -0.3 is 10.1 Å². The van der Waals surface area contributed by atoms with Crippen LogP contribution in [0.15, 0.2) is 51.4 Å². The molecule has 1 amide bonds. The normalized spacial score (nSPS) is 11.7. The standard InChI is InChI=1S/C17H14Br2FNO3/c1-24-17(23)15(8-10-4-2-3-5-14(10)20)21-16(22)11-6-12(18)9-13(19)7-11/h2-7,9,15H,8H2,1H3,(H,21,22)/t15-/m1/s1. The Bertz CT molecular complexity index is 747. The molecule has 0 heterocycles. The molecule has 2 aromatic carbocycles. The number of hydrogen-bond donors (Lipinski definition) is 1. The zero-order chi connectivity index (χ0) is 17.7. The Morgan fingerprint density at radius 1 is 1.17 bits per heavy atom. The maximum atomic E-state index is 13.8. The smallest absolute Gasteiger partial charge is 0.328 e. The van der Waals surface area contributed by atoms with Crippen molar-refractivity contribution in [3.8, 4) is 0 Å². The molecule has 1 atom stereocenters. The van der Waals surface area contributed by atoms with Crippen molar-refractivity contribution in [3.63, 3.8) is 0 Å². The third kappa shape index (κ3) is 4.88. The summed E-state index contributed by atoms with van der Waals surface area (Å²) < 4.78 is 19.9. The summed E-state index contributed by atoms with van der Waals surface area (Å²) in [5.41, 5.74) is 0.683. The average molecular weight is 459 g/mol. The fourth-order valence-electron chi connectivity index (χ4n) is 2.15. The van der Waals surface area contributed by atoms with E-state index in [-0.39, 0.29) is 6.42 Å². The molecule has 24 heavy (non-hydrogen) atoms. The molecule has 0 unspecified atom stereocenters. The van der Waals surface area contributed by atoms with Gasteiger partial charge in [0, 0.05) is 20.9 Å². The monoisotopic (exact) mass is 457 g/mol. The van der Waals surface area contributed by atoms with Crippen molar-refractivity contribution >= 4 is 43.7 Å². The van der Waals surface area contributed by atoms with Crippen LogP contribution in [0.1, 0.15) is 15.9 Å².